The third-order valence-electron chi connectivity index (χ3n) is 7.60. The number of β-amino-alcohol motifs (C(OH)–C–C–N with tert-alkyl or cyclic N) is 1. The summed E-state index contributed by atoms with van der Waals surface area (Å²) in [5, 5.41) is 24.6. The van der Waals surface area contributed by atoms with Crippen LogP contribution in [0.1, 0.15) is 31.2 Å². The maximum Gasteiger partial charge on any atom is 0.422 e. The van der Waals surface area contributed by atoms with Gasteiger partial charge in [-0.2, -0.15) is 18.2 Å². The average molecular weight is 588 g/mol. The smallest absolute Gasteiger partial charge is 0.422 e. The van der Waals surface area contributed by atoms with Crippen molar-refractivity contribution in [1.82, 2.24) is 19.9 Å². The van der Waals surface area contributed by atoms with E-state index < -0.39 is 17.7 Å². The first kappa shape index (κ1) is 29.5. The van der Waals surface area contributed by atoms with Crippen LogP contribution in [0.3, 0.4) is 0 Å². The van der Waals surface area contributed by atoms with E-state index in [-0.39, 0.29) is 36.0 Å². The van der Waals surface area contributed by atoms with E-state index in [1.165, 1.54) is 6.20 Å². The van der Waals surface area contributed by atoms with Crippen molar-refractivity contribution in [3.8, 4) is 5.88 Å². The van der Waals surface area contributed by atoms with Crippen LogP contribution in [0.4, 0.5) is 36.3 Å². The number of aromatic nitrogens is 3. The lowest BCUT2D eigenvalue weighted by atomic mass is 9.84. The van der Waals surface area contributed by atoms with E-state index in [1.807, 2.05) is 6.07 Å². The molecular formula is C28H32F3N7O4. The molecule has 0 unspecified atom stereocenters. The van der Waals surface area contributed by atoms with Gasteiger partial charge in [0.2, 0.25) is 17.6 Å². The fourth-order valence-electron chi connectivity index (χ4n) is 5.38. The number of aliphatic hydroxyl groups is 1. The van der Waals surface area contributed by atoms with Crippen LogP contribution in [-0.2, 0) is 6.54 Å². The minimum atomic E-state index is -4.54. The molecule has 1 saturated carbocycles. The first-order chi connectivity index (χ1) is 20.2. The largest absolute Gasteiger partial charge is 0.468 e. The highest BCUT2D eigenvalue weighted by Gasteiger charge is 2.34. The number of rotatable bonds is 11. The van der Waals surface area contributed by atoms with Crippen LogP contribution >= 0.6 is 0 Å². The molecule has 2 aliphatic rings. The van der Waals surface area contributed by atoms with Crippen molar-refractivity contribution < 1.29 is 27.9 Å². The van der Waals surface area contributed by atoms with Crippen LogP contribution in [0.5, 0.6) is 5.88 Å². The Kier molecular flexibility index (Phi) is 9.02. The van der Waals surface area contributed by atoms with Gasteiger partial charge >= 0.3 is 11.9 Å². The van der Waals surface area contributed by atoms with Gasteiger partial charge < -0.3 is 20.1 Å². The standard InChI is InChI=1S/C28H32F3N7O4/c29-28(30,31)18-42-26-20(5-4-12-32-26)15-37(22-6-2-1-3-7-22)27-34-14-24(38(40)41)25(35-27)33-13-19-8-10-21(11-9-19)36-16-23(39)17-36/h1-7,12,14,19,21,23,39H,8-11,13,15-18H2,(H,33,34,35). The van der Waals surface area contributed by atoms with Crippen LogP contribution < -0.4 is 15.0 Å². The second kappa shape index (κ2) is 12.9. The van der Waals surface area contributed by atoms with Crippen molar-refractivity contribution in [3.05, 3.63) is 70.5 Å². The molecule has 14 heteroatoms. The normalized spacial score (nSPS) is 19.6. The van der Waals surface area contributed by atoms with Gasteiger partial charge in [0.25, 0.3) is 0 Å². The highest BCUT2D eigenvalue weighted by Crippen LogP contribution is 2.33. The Hall–Kier alpha value is -4.04. The summed E-state index contributed by atoms with van der Waals surface area (Å²) < 4.78 is 43.5. The van der Waals surface area contributed by atoms with Crippen LogP contribution in [0.2, 0.25) is 0 Å². The zero-order chi connectivity index (χ0) is 29.7. The van der Waals surface area contributed by atoms with E-state index in [0.29, 0.717) is 29.8 Å². The summed E-state index contributed by atoms with van der Waals surface area (Å²) in [7, 11) is 0. The quantitative estimate of drug-likeness (QED) is 0.240. The molecule has 1 aromatic carbocycles. The molecule has 0 radical (unpaired) electrons. The lowest BCUT2D eigenvalue weighted by Crippen LogP contribution is -2.56. The van der Waals surface area contributed by atoms with Gasteiger partial charge in [-0.15, -0.1) is 0 Å². The number of likely N-dealkylation sites (tertiary alicyclic amines) is 1. The molecule has 3 heterocycles. The number of para-hydroxylation sites is 1. The first-order valence-corrected chi connectivity index (χ1v) is 13.8. The maximum absolute atomic E-state index is 12.9. The third-order valence-corrected chi connectivity index (χ3v) is 7.60. The number of aliphatic hydroxyl groups excluding tert-OH is 1. The number of halogens is 3. The van der Waals surface area contributed by atoms with Gasteiger partial charge in [0.05, 0.1) is 17.6 Å². The molecular weight excluding hydrogens is 555 g/mol. The Morgan fingerprint density at radius 1 is 1.10 bits per heavy atom. The molecule has 2 fully saturated rings. The molecule has 3 aromatic rings. The molecule has 1 saturated heterocycles. The van der Waals surface area contributed by atoms with E-state index >= 15 is 0 Å². The summed E-state index contributed by atoms with van der Waals surface area (Å²) in [5.74, 6) is 0.317. The second-order valence-electron chi connectivity index (χ2n) is 10.6. The van der Waals surface area contributed by atoms with Crippen molar-refractivity contribution in [1.29, 1.82) is 0 Å². The minimum Gasteiger partial charge on any atom is -0.468 e. The topological polar surface area (TPSA) is 130 Å². The van der Waals surface area contributed by atoms with Crippen LogP contribution in [0.25, 0.3) is 0 Å². The van der Waals surface area contributed by atoms with Crippen molar-refractivity contribution in [2.75, 3.05) is 36.5 Å². The van der Waals surface area contributed by atoms with Crippen molar-refractivity contribution >= 4 is 23.1 Å². The number of nitrogens with one attached hydrogen (secondary N) is 1. The zero-order valence-corrected chi connectivity index (χ0v) is 22.8. The SMILES string of the molecule is O=[N+]([O-])c1cnc(N(Cc2cccnc2OCC(F)(F)F)c2ccccc2)nc1NCC1CCC(N2CC(O)C2)CC1. The van der Waals surface area contributed by atoms with E-state index in [2.05, 4.69) is 25.2 Å². The summed E-state index contributed by atoms with van der Waals surface area (Å²) in [6, 6.07) is 12.6. The lowest BCUT2D eigenvalue weighted by Gasteiger charge is -2.44. The fourth-order valence-corrected chi connectivity index (χ4v) is 5.38. The predicted octanol–water partition coefficient (Wildman–Crippen LogP) is 4.71. The molecule has 11 nitrogen and oxygen atoms in total. The van der Waals surface area contributed by atoms with Crippen molar-refractivity contribution in [2.45, 2.75) is 50.6 Å². The molecule has 5 rings (SSSR count). The fraction of sp³-hybridized carbons (Fsp3) is 0.464. The van der Waals surface area contributed by atoms with E-state index in [9.17, 15) is 28.4 Å². The molecule has 2 aromatic heterocycles. The van der Waals surface area contributed by atoms with Crippen LogP contribution in [0.15, 0.2) is 54.9 Å². The maximum atomic E-state index is 12.9. The van der Waals surface area contributed by atoms with Gasteiger partial charge in [-0.05, 0) is 49.8 Å². The molecule has 0 atom stereocenters. The number of anilines is 3. The Morgan fingerprint density at radius 3 is 2.50 bits per heavy atom. The minimum absolute atomic E-state index is 0.00247. The molecule has 1 aliphatic carbocycles. The molecule has 42 heavy (non-hydrogen) atoms. The van der Waals surface area contributed by atoms with Gasteiger partial charge in [0, 0.05) is 43.1 Å². The lowest BCUT2D eigenvalue weighted by molar-refractivity contribution is -0.384. The summed E-state index contributed by atoms with van der Waals surface area (Å²) in [6.07, 6.45) is 1.62. The first-order valence-electron chi connectivity index (χ1n) is 13.8. The van der Waals surface area contributed by atoms with Gasteiger partial charge in [0.15, 0.2) is 6.61 Å². The number of nitro groups is 1. The summed E-state index contributed by atoms with van der Waals surface area (Å²) in [6.45, 7) is 0.437. The number of nitrogens with zero attached hydrogens (tertiary/aromatic N) is 6. The highest BCUT2D eigenvalue weighted by atomic mass is 19.4. The summed E-state index contributed by atoms with van der Waals surface area (Å²) in [5.41, 5.74) is 0.705. The monoisotopic (exact) mass is 587 g/mol. The number of alkyl halides is 3. The van der Waals surface area contributed by atoms with Gasteiger partial charge in [-0.1, -0.05) is 24.3 Å². The zero-order valence-electron chi connectivity index (χ0n) is 22.8. The summed E-state index contributed by atoms with van der Waals surface area (Å²) in [4.78, 5) is 28.0. The number of hydrogen-bond acceptors (Lipinski definition) is 10. The van der Waals surface area contributed by atoms with Gasteiger partial charge in [-0.3, -0.25) is 15.0 Å². The van der Waals surface area contributed by atoms with E-state index in [4.69, 9.17) is 4.74 Å². The molecule has 1 aliphatic heterocycles. The third kappa shape index (κ3) is 7.42. The van der Waals surface area contributed by atoms with Crippen molar-refractivity contribution in [2.24, 2.45) is 5.92 Å². The predicted molar refractivity (Wildman–Crippen MR) is 149 cm³/mol. The van der Waals surface area contributed by atoms with E-state index in [0.717, 1.165) is 45.0 Å². The number of benzene rings is 1. The van der Waals surface area contributed by atoms with Crippen LogP contribution in [-0.4, -0.2) is 74.4 Å². The Balaban J connectivity index is 1.35. The Labute approximate surface area is 240 Å². The summed E-state index contributed by atoms with van der Waals surface area (Å²) >= 11 is 0. The van der Waals surface area contributed by atoms with E-state index in [1.54, 1.807) is 41.3 Å². The highest BCUT2D eigenvalue weighted by molar-refractivity contribution is 5.63. The number of pyridine rings is 1. The van der Waals surface area contributed by atoms with Crippen LogP contribution in [0, 0.1) is 16.0 Å². The number of hydrogen-bond donors (Lipinski definition) is 2. The number of ether oxygens (including phenoxy) is 1. The Morgan fingerprint density at radius 2 is 1.83 bits per heavy atom. The molecule has 0 spiro atoms. The molecule has 2 N–H and O–H groups in total. The molecule has 0 amide bonds. The Bertz CT molecular complexity index is 1350. The van der Waals surface area contributed by atoms with Gasteiger partial charge in [-0.25, -0.2) is 9.97 Å². The second-order valence-corrected chi connectivity index (χ2v) is 10.6. The molecule has 224 valence electrons. The molecule has 0 bridgehead atoms. The van der Waals surface area contributed by atoms with Gasteiger partial charge in [0.1, 0.15) is 6.20 Å². The van der Waals surface area contributed by atoms with Crippen molar-refractivity contribution in [3.63, 3.8) is 0 Å². The average Bonchev–Trinajstić information content (AvgIpc) is 2.97.